The molecule has 0 fully saturated rings. The molecule has 1 heterocycles. The molecule has 7 nitrogen and oxygen atoms in total. The van der Waals surface area contributed by atoms with Crippen molar-refractivity contribution >= 4 is 11.8 Å². The molecule has 32 heavy (non-hydrogen) atoms. The number of hydrogen-bond acceptors (Lipinski definition) is 6. The summed E-state index contributed by atoms with van der Waals surface area (Å²) < 4.78 is 25.3. The van der Waals surface area contributed by atoms with Gasteiger partial charge in [0.1, 0.15) is 17.3 Å². The lowest BCUT2D eigenvalue weighted by molar-refractivity contribution is 0.153. The van der Waals surface area contributed by atoms with Crippen LogP contribution in [0.1, 0.15) is 51.3 Å². The zero-order chi connectivity index (χ0) is 23.5. The average Bonchev–Trinajstić information content (AvgIpc) is 2.73. The second-order valence-electron chi connectivity index (χ2n) is 8.94. The quantitative estimate of drug-likeness (QED) is 0.515. The first kappa shape index (κ1) is 23.8. The maximum Gasteiger partial charge on any atom is 0.412 e. The van der Waals surface area contributed by atoms with E-state index in [1.165, 1.54) is 12.1 Å². The number of aliphatic hydroxyl groups is 2. The van der Waals surface area contributed by atoms with Gasteiger partial charge in [-0.05, 0) is 67.6 Å². The zero-order valence-electron chi connectivity index (χ0n) is 18.8. The summed E-state index contributed by atoms with van der Waals surface area (Å²) in [4.78, 5) is 12.0. The molecule has 1 amide bonds. The van der Waals surface area contributed by atoms with E-state index < -0.39 is 25.3 Å². The van der Waals surface area contributed by atoms with Gasteiger partial charge < -0.3 is 30.3 Å². The molecule has 174 valence electrons. The van der Waals surface area contributed by atoms with E-state index in [4.69, 9.17) is 19.7 Å². The fourth-order valence-corrected chi connectivity index (χ4v) is 3.92. The highest BCUT2D eigenvalue weighted by atomic mass is 19.1. The molecule has 2 aromatic carbocycles. The van der Waals surface area contributed by atoms with E-state index in [1.54, 1.807) is 18.2 Å². The van der Waals surface area contributed by atoms with Crippen molar-refractivity contribution in [3.63, 3.8) is 0 Å². The summed E-state index contributed by atoms with van der Waals surface area (Å²) in [5, 5.41) is 24.1. The molecule has 0 saturated heterocycles. The van der Waals surface area contributed by atoms with Crippen LogP contribution in [-0.2, 0) is 5.41 Å². The Balaban J connectivity index is 1.85. The number of anilines is 1. The van der Waals surface area contributed by atoms with Crippen molar-refractivity contribution in [3.8, 4) is 11.5 Å². The number of hydrogen-bond donors (Lipinski definition) is 4. The molecular weight excluding hydrogens is 415 g/mol. The molecule has 3 rings (SSSR count). The Morgan fingerprint density at radius 3 is 2.59 bits per heavy atom. The lowest BCUT2D eigenvalue weighted by Crippen LogP contribution is -2.41. The van der Waals surface area contributed by atoms with Gasteiger partial charge in [-0.2, -0.15) is 0 Å². The van der Waals surface area contributed by atoms with E-state index in [2.05, 4.69) is 24.5 Å². The van der Waals surface area contributed by atoms with Gasteiger partial charge in [-0.3, -0.25) is 0 Å². The van der Waals surface area contributed by atoms with Gasteiger partial charge in [0.2, 0.25) is 0 Å². The van der Waals surface area contributed by atoms with Gasteiger partial charge in [0.15, 0.2) is 0 Å². The highest BCUT2D eigenvalue weighted by Gasteiger charge is 2.35. The Hall–Kier alpha value is -2.84. The second-order valence-corrected chi connectivity index (χ2v) is 8.94. The Labute approximate surface area is 187 Å². The van der Waals surface area contributed by atoms with Crippen molar-refractivity contribution in [2.45, 2.75) is 57.7 Å². The zero-order valence-corrected chi connectivity index (χ0v) is 18.8. The number of nitrogens with one attached hydrogen (secondary N) is 2. The summed E-state index contributed by atoms with van der Waals surface area (Å²) in [5.74, 6) is 0.677. The molecule has 4 N–H and O–H groups in total. The monoisotopic (exact) mass is 446 g/mol. The van der Waals surface area contributed by atoms with Crippen LogP contribution in [0.15, 0.2) is 36.4 Å². The summed E-state index contributed by atoms with van der Waals surface area (Å²) in [6.07, 6.45) is -0.122. The molecule has 1 aliphatic heterocycles. The van der Waals surface area contributed by atoms with Gasteiger partial charge >= 0.3 is 6.09 Å². The summed E-state index contributed by atoms with van der Waals surface area (Å²) in [7, 11) is 0. The van der Waals surface area contributed by atoms with Crippen LogP contribution in [0.4, 0.5) is 14.9 Å². The number of carbonyl (C=O) groups is 1. The normalized spacial score (nSPS) is 17.0. The van der Waals surface area contributed by atoms with Crippen molar-refractivity contribution < 1.29 is 28.9 Å². The minimum absolute atomic E-state index is 0.0368. The molecule has 0 spiro atoms. The van der Waals surface area contributed by atoms with Crippen LogP contribution >= 0.6 is 0 Å². The van der Waals surface area contributed by atoms with Crippen LogP contribution < -0.4 is 20.1 Å². The molecular formula is C24H31FN2O5. The van der Waals surface area contributed by atoms with E-state index in [0.29, 0.717) is 17.9 Å². The highest BCUT2D eigenvalue weighted by molar-refractivity contribution is 5.72. The first-order valence-electron chi connectivity index (χ1n) is 10.7. The van der Waals surface area contributed by atoms with Crippen LogP contribution in [0.3, 0.4) is 0 Å². The number of aliphatic hydroxyl groups excluding tert-OH is 2. The lowest BCUT2D eigenvalue weighted by Gasteiger charge is -2.39. The van der Waals surface area contributed by atoms with E-state index >= 15 is 0 Å². The molecule has 8 heteroatoms. The van der Waals surface area contributed by atoms with Gasteiger partial charge in [0.25, 0.3) is 0 Å². The van der Waals surface area contributed by atoms with Crippen molar-refractivity contribution in [1.29, 1.82) is 0 Å². The molecule has 0 radical (unpaired) electrons. The van der Waals surface area contributed by atoms with Gasteiger partial charge in [-0.15, -0.1) is 0 Å². The number of carbonyl (C=O) groups excluding carboxylic acids is 1. The van der Waals surface area contributed by atoms with Crippen molar-refractivity contribution in [1.82, 2.24) is 5.32 Å². The molecule has 0 bridgehead atoms. The predicted molar refractivity (Wildman–Crippen MR) is 120 cm³/mol. The molecule has 2 aromatic rings. The van der Waals surface area contributed by atoms with Gasteiger partial charge in [-0.25, -0.2) is 9.18 Å². The molecule has 1 atom stereocenters. The fraction of sp³-hybridized carbons (Fsp3) is 0.458. The molecule has 1 aliphatic rings. The lowest BCUT2D eigenvalue weighted by atomic mass is 9.74. The van der Waals surface area contributed by atoms with E-state index in [1.807, 2.05) is 19.9 Å². The first-order valence-corrected chi connectivity index (χ1v) is 10.7. The third kappa shape index (κ3) is 5.49. The Bertz CT molecular complexity index is 959. The van der Waals surface area contributed by atoms with Crippen molar-refractivity contribution in [2.75, 3.05) is 18.5 Å². The van der Waals surface area contributed by atoms with E-state index in [-0.39, 0.29) is 23.4 Å². The molecule has 0 aliphatic carbocycles. The first-order chi connectivity index (χ1) is 15.1. The Kier molecular flexibility index (Phi) is 7.26. The van der Waals surface area contributed by atoms with E-state index in [0.717, 1.165) is 16.8 Å². The molecule has 0 aromatic heterocycles. The summed E-state index contributed by atoms with van der Waals surface area (Å²) in [5.41, 5.74) is 2.28. The molecule has 1 unspecified atom stereocenters. The number of ether oxygens (including phenoxy) is 2. The van der Waals surface area contributed by atoms with Crippen LogP contribution in [0, 0.1) is 5.82 Å². The second kappa shape index (κ2) is 9.75. The predicted octanol–water partition coefficient (Wildman–Crippen LogP) is 3.89. The Morgan fingerprint density at radius 2 is 1.94 bits per heavy atom. The number of benzene rings is 2. The van der Waals surface area contributed by atoms with Crippen LogP contribution in [-0.4, -0.2) is 41.7 Å². The van der Waals surface area contributed by atoms with Crippen LogP contribution in [0.25, 0.3) is 0 Å². The maximum atomic E-state index is 14.1. The summed E-state index contributed by atoms with van der Waals surface area (Å²) >= 11 is 0. The number of amides is 1. The SMILES string of the molecule is CC(C)Oc1ccc(F)cc1C1CC(C)(C)c2cc(OC(=O)NC(CO)CO)ccc2N1. The fourth-order valence-electron chi connectivity index (χ4n) is 3.92. The van der Waals surface area contributed by atoms with Gasteiger partial charge in [0, 0.05) is 11.3 Å². The number of rotatable bonds is 7. The topological polar surface area (TPSA) is 100 Å². The van der Waals surface area contributed by atoms with Crippen molar-refractivity contribution in [3.05, 3.63) is 53.3 Å². The minimum atomic E-state index is -0.785. The third-order valence-electron chi connectivity index (χ3n) is 5.45. The summed E-state index contributed by atoms with van der Waals surface area (Å²) in [6, 6.07) is 8.91. The maximum absolute atomic E-state index is 14.1. The average molecular weight is 447 g/mol. The van der Waals surface area contributed by atoms with E-state index in [9.17, 15) is 9.18 Å². The summed E-state index contributed by atoms with van der Waals surface area (Å²) in [6.45, 7) is 7.25. The van der Waals surface area contributed by atoms with Gasteiger partial charge in [-0.1, -0.05) is 13.8 Å². The highest BCUT2D eigenvalue weighted by Crippen LogP contribution is 2.47. The van der Waals surface area contributed by atoms with Crippen LogP contribution in [0.2, 0.25) is 0 Å². The van der Waals surface area contributed by atoms with Crippen molar-refractivity contribution in [2.24, 2.45) is 0 Å². The third-order valence-corrected chi connectivity index (χ3v) is 5.45. The number of halogens is 1. The smallest absolute Gasteiger partial charge is 0.412 e. The largest absolute Gasteiger partial charge is 0.491 e. The standard InChI is InChI=1S/C24H31FN2O5/c1-14(2)31-22-8-5-15(25)9-18(22)21-11-24(3,4)19-10-17(6-7-20(19)27-21)32-23(30)26-16(12-28)13-29/h5-10,14,16,21,27-29H,11-13H2,1-4H3,(H,26,30). The molecule has 0 saturated carbocycles. The number of fused-ring (bicyclic) bond motifs is 1. The Morgan fingerprint density at radius 1 is 1.22 bits per heavy atom. The minimum Gasteiger partial charge on any atom is -0.491 e. The van der Waals surface area contributed by atoms with Crippen LogP contribution in [0.5, 0.6) is 11.5 Å². The van der Waals surface area contributed by atoms with Gasteiger partial charge in [0.05, 0.1) is 31.4 Å².